The van der Waals surface area contributed by atoms with E-state index in [4.69, 9.17) is 5.11 Å². The minimum Gasteiger partial charge on any atom is -0.480 e. The molecule has 20 heavy (non-hydrogen) atoms. The molecule has 1 aliphatic heterocycles. The maximum Gasteiger partial charge on any atom is 0.327 e. The maximum absolute atomic E-state index is 11.3. The number of carbonyl (C=O) groups excluding carboxylic acids is 1. The molecule has 0 aromatic carbocycles. The molecule has 0 aliphatic carbocycles. The van der Waals surface area contributed by atoms with Crippen molar-refractivity contribution in [1.82, 2.24) is 14.9 Å². The largest absolute Gasteiger partial charge is 0.480 e. The Kier molecular flexibility index (Phi) is 5.90. The predicted molar refractivity (Wildman–Crippen MR) is 72.7 cm³/mol. The van der Waals surface area contributed by atoms with E-state index in [0.29, 0.717) is 25.9 Å². The highest BCUT2D eigenvalue weighted by Crippen LogP contribution is 2.13. The first-order valence-corrected chi connectivity index (χ1v) is 8.23. The van der Waals surface area contributed by atoms with Gasteiger partial charge in [-0.1, -0.05) is 0 Å². The van der Waals surface area contributed by atoms with Crippen molar-refractivity contribution in [2.75, 3.05) is 25.9 Å². The number of sulfonamides is 1. The van der Waals surface area contributed by atoms with Gasteiger partial charge in [0.05, 0.1) is 6.26 Å². The van der Waals surface area contributed by atoms with Gasteiger partial charge in [-0.05, 0) is 12.8 Å². The first-order chi connectivity index (χ1) is 9.20. The molecule has 3 N–H and O–H groups in total. The zero-order valence-corrected chi connectivity index (χ0v) is 12.4. The third-order valence-corrected chi connectivity index (χ3v) is 4.51. The van der Waals surface area contributed by atoms with Crippen molar-refractivity contribution in [2.24, 2.45) is 0 Å². The molecule has 116 valence electrons. The molecular weight excluding hydrogens is 286 g/mol. The predicted octanol–water partition coefficient (Wildman–Crippen LogP) is -1.41. The van der Waals surface area contributed by atoms with E-state index >= 15 is 0 Å². The minimum absolute atomic E-state index is 0.0589. The summed E-state index contributed by atoms with van der Waals surface area (Å²) >= 11 is 0. The van der Waals surface area contributed by atoms with Gasteiger partial charge in [-0.25, -0.2) is 17.5 Å². The third-order valence-electron chi connectivity index (χ3n) is 3.21. The Morgan fingerprint density at radius 3 is 2.30 bits per heavy atom. The van der Waals surface area contributed by atoms with Crippen molar-refractivity contribution in [3.63, 3.8) is 0 Å². The number of carboxylic acids is 1. The van der Waals surface area contributed by atoms with E-state index in [1.807, 2.05) is 0 Å². The fraction of sp³-hybridized carbons (Fsp3) is 0.818. The summed E-state index contributed by atoms with van der Waals surface area (Å²) in [5.74, 6) is -1.49. The van der Waals surface area contributed by atoms with Gasteiger partial charge in [0.25, 0.3) is 0 Å². The second-order valence-electron chi connectivity index (χ2n) is 4.94. The molecule has 1 amide bonds. The number of nitrogens with zero attached hydrogens (tertiary/aromatic N) is 1. The number of hydrogen-bond donors (Lipinski definition) is 3. The number of carboxylic acid groups (broad SMARTS) is 1. The van der Waals surface area contributed by atoms with Crippen molar-refractivity contribution in [3.8, 4) is 0 Å². The second-order valence-corrected chi connectivity index (χ2v) is 6.92. The maximum atomic E-state index is 11.3. The molecule has 1 fully saturated rings. The number of carbonyl (C=O) groups is 2. The Hall–Kier alpha value is -1.19. The van der Waals surface area contributed by atoms with Crippen molar-refractivity contribution < 1.29 is 23.1 Å². The highest BCUT2D eigenvalue weighted by molar-refractivity contribution is 7.88. The fourth-order valence-corrected chi connectivity index (χ4v) is 3.00. The third kappa shape index (κ3) is 5.43. The van der Waals surface area contributed by atoms with E-state index in [0.717, 1.165) is 0 Å². The Morgan fingerprint density at radius 1 is 1.35 bits per heavy atom. The Balaban J connectivity index is 2.40. The van der Waals surface area contributed by atoms with Crippen molar-refractivity contribution in [2.45, 2.75) is 31.8 Å². The lowest BCUT2D eigenvalue weighted by Crippen LogP contribution is -2.51. The van der Waals surface area contributed by atoms with E-state index in [1.54, 1.807) is 0 Å². The molecule has 0 aromatic heterocycles. The number of amides is 1. The lowest BCUT2D eigenvalue weighted by atomic mass is 10.1. The molecule has 1 rings (SSSR count). The summed E-state index contributed by atoms with van der Waals surface area (Å²) in [6.07, 6.45) is 2.43. The minimum atomic E-state index is -3.16. The molecule has 1 aliphatic rings. The van der Waals surface area contributed by atoms with Crippen LogP contribution in [0.15, 0.2) is 0 Å². The number of hydrogen-bond acceptors (Lipinski definition) is 5. The van der Waals surface area contributed by atoms with Crippen LogP contribution in [0.5, 0.6) is 0 Å². The van der Waals surface area contributed by atoms with Crippen LogP contribution in [-0.2, 0) is 19.6 Å². The quantitative estimate of drug-likeness (QED) is 0.555. The van der Waals surface area contributed by atoms with Gasteiger partial charge in [-0.2, -0.15) is 0 Å². The molecule has 1 atom stereocenters. The van der Waals surface area contributed by atoms with E-state index in [1.165, 1.54) is 17.5 Å². The number of rotatable bonds is 6. The average Bonchev–Trinajstić information content (AvgIpc) is 2.33. The summed E-state index contributed by atoms with van der Waals surface area (Å²) in [4.78, 5) is 21.8. The smallest absolute Gasteiger partial charge is 0.327 e. The first kappa shape index (κ1) is 16.9. The molecule has 0 aromatic rings. The van der Waals surface area contributed by atoms with Crippen LogP contribution in [0.1, 0.15) is 19.8 Å². The number of aliphatic carboxylic acids is 1. The average molecular weight is 307 g/mol. The molecule has 1 saturated heterocycles. The van der Waals surface area contributed by atoms with Gasteiger partial charge in [0.15, 0.2) is 0 Å². The highest BCUT2D eigenvalue weighted by atomic mass is 32.2. The van der Waals surface area contributed by atoms with Gasteiger partial charge in [0.1, 0.15) is 6.04 Å². The molecule has 9 heteroatoms. The van der Waals surface area contributed by atoms with E-state index in [2.05, 4.69) is 10.6 Å². The Morgan fingerprint density at radius 2 is 1.90 bits per heavy atom. The van der Waals surface area contributed by atoms with Gasteiger partial charge in [-0.15, -0.1) is 0 Å². The summed E-state index contributed by atoms with van der Waals surface area (Å²) in [7, 11) is -3.16. The van der Waals surface area contributed by atoms with Crippen molar-refractivity contribution in [3.05, 3.63) is 0 Å². The van der Waals surface area contributed by atoms with Crippen LogP contribution < -0.4 is 10.6 Å². The van der Waals surface area contributed by atoms with E-state index in [9.17, 15) is 18.0 Å². The molecule has 8 nitrogen and oxygen atoms in total. The van der Waals surface area contributed by atoms with Crippen molar-refractivity contribution in [1.29, 1.82) is 0 Å². The molecule has 1 heterocycles. The van der Waals surface area contributed by atoms with Crippen LogP contribution in [0.2, 0.25) is 0 Å². The van der Waals surface area contributed by atoms with E-state index < -0.39 is 27.9 Å². The van der Waals surface area contributed by atoms with Crippen LogP contribution >= 0.6 is 0 Å². The van der Waals surface area contributed by atoms with Crippen molar-refractivity contribution >= 4 is 21.9 Å². The van der Waals surface area contributed by atoms with E-state index in [-0.39, 0.29) is 12.6 Å². The van der Waals surface area contributed by atoms with Crippen LogP contribution in [0, 0.1) is 0 Å². The SMILES string of the molecule is CC(=O)NC(CNC1CCN(S(C)(=O)=O)CC1)C(=O)O. The summed E-state index contributed by atoms with van der Waals surface area (Å²) in [6.45, 7) is 2.24. The van der Waals surface area contributed by atoms with Crippen LogP contribution in [0.3, 0.4) is 0 Å². The first-order valence-electron chi connectivity index (χ1n) is 6.38. The van der Waals surface area contributed by atoms with Gasteiger partial charge in [0.2, 0.25) is 15.9 Å². The zero-order chi connectivity index (χ0) is 15.3. The summed E-state index contributed by atoms with van der Waals surface area (Å²) < 4.78 is 24.1. The topological polar surface area (TPSA) is 116 Å². The van der Waals surface area contributed by atoms with Crippen LogP contribution in [-0.4, -0.2) is 67.7 Å². The lowest BCUT2D eigenvalue weighted by molar-refractivity contribution is -0.141. The summed E-state index contributed by atoms with van der Waals surface area (Å²) in [5, 5.41) is 14.4. The van der Waals surface area contributed by atoms with Gasteiger partial charge >= 0.3 is 5.97 Å². The van der Waals surface area contributed by atoms with Gasteiger partial charge in [0, 0.05) is 32.6 Å². The fourth-order valence-electron chi connectivity index (χ4n) is 2.12. The lowest BCUT2D eigenvalue weighted by Gasteiger charge is -2.31. The normalized spacial score (nSPS) is 19.5. The highest BCUT2D eigenvalue weighted by Gasteiger charge is 2.26. The molecule has 0 bridgehead atoms. The number of piperidine rings is 1. The standard InChI is InChI=1S/C11H21N3O5S/c1-8(15)13-10(11(16)17)7-12-9-3-5-14(6-4-9)20(2,18)19/h9-10,12H,3-7H2,1-2H3,(H,13,15)(H,16,17). The van der Waals surface area contributed by atoms with Gasteiger partial charge in [-0.3, -0.25) is 4.79 Å². The summed E-state index contributed by atoms with van der Waals surface area (Å²) in [6, 6.07) is -0.913. The number of nitrogens with one attached hydrogen (secondary N) is 2. The summed E-state index contributed by atoms with van der Waals surface area (Å²) in [5.41, 5.74) is 0. The van der Waals surface area contributed by atoms with Crippen LogP contribution in [0.25, 0.3) is 0 Å². The molecule has 1 unspecified atom stereocenters. The second kappa shape index (κ2) is 7.00. The molecular formula is C11H21N3O5S. The zero-order valence-electron chi connectivity index (χ0n) is 11.6. The molecule has 0 saturated carbocycles. The van der Waals surface area contributed by atoms with Gasteiger partial charge < -0.3 is 15.7 Å². The monoisotopic (exact) mass is 307 g/mol. The molecule has 0 spiro atoms. The Labute approximate surface area is 118 Å². The molecule has 0 radical (unpaired) electrons. The Bertz CT molecular complexity index is 457. The van der Waals surface area contributed by atoms with Crippen LogP contribution in [0.4, 0.5) is 0 Å².